The number of aromatic hydroxyl groups is 1. The van der Waals surface area contributed by atoms with Crippen molar-refractivity contribution in [2.75, 3.05) is 9.80 Å². The second-order valence-electron chi connectivity index (χ2n) is 11.7. The number of amides is 4. The zero-order chi connectivity index (χ0) is 32.9. The summed E-state index contributed by atoms with van der Waals surface area (Å²) in [4.78, 5) is 64.5. The average Bonchev–Trinajstić information content (AvgIpc) is 3.37. The number of non-ortho nitro benzene ring substituents is 1. The molecule has 0 radical (unpaired) electrons. The maximum atomic E-state index is 14.4. The first-order valence-electron chi connectivity index (χ1n) is 14.1. The molecule has 4 aliphatic rings. The molecule has 3 aromatic carbocycles. The lowest BCUT2D eigenvalue weighted by molar-refractivity contribution is -0.384. The van der Waals surface area contributed by atoms with Gasteiger partial charge < -0.3 is 5.11 Å². The van der Waals surface area contributed by atoms with Crippen LogP contribution in [-0.4, -0.2) is 43.4 Å². The number of rotatable bonds is 4. The number of phenols is 1. The summed E-state index contributed by atoms with van der Waals surface area (Å²) >= 11 is 18.0. The first-order valence-corrected chi connectivity index (χ1v) is 15.7. The minimum absolute atomic E-state index is 0.0364. The third-order valence-electron chi connectivity index (χ3n) is 9.52. The van der Waals surface area contributed by atoms with Crippen LogP contribution < -0.4 is 9.80 Å². The highest BCUT2D eigenvalue weighted by Crippen LogP contribution is 2.66. The van der Waals surface area contributed by atoms with E-state index in [9.17, 15) is 38.8 Å². The molecule has 3 fully saturated rings. The Bertz CT molecular complexity index is 1920. The number of nitro benzene ring substituents is 1. The van der Waals surface area contributed by atoms with Crippen molar-refractivity contribution in [2.24, 2.45) is 17.8 Å². The molecule has 7 rings (SSSR count). The molecule has 10 nitrogen and oxygen atoms in total. The van der Waals surface area contributed by atoms with Gasteiger partial charge in [-0.1, -0.05) is 27.6 Å². The number of benzene rings is 3. The van der Waals surface area contributed by atoms with E-state index in [0.717, 1.165) is 21.9 Å². The number of hydrogen-bond acceptors (Lipinski definition) is 7. The number of nitrogens with zero attached hydrogens (tertiary/aromatic N) is 3. The molecule has 2 aliphatic heterocycles. The summed E-state index contributed by atoms with van der Waals surface area (Å²) < 4.78 is 14.3. The summed E-state index contributed by atoms with van der Waals surface area (Å²) in [6.07, 6.45) is 1.51. The molecule has 234 valence electrons. The van der Waals surface area contributed by atoms with E-state index in [1.54, 1.807) is 18.2 Å². The second kappa shape index (κ2) is 10.4. The summed E-state index contributed by atoms with van der Waals surface area (Å²) in [5.41, 5.74) is 0.611. The Labute approximate surface area is 278 Å². The van der Waals surface area contributed by atoms with Gasteiger partial charge in [0, 0.05) is 28.1 Å². The summed E-state index contributed by atoms with van der Waals surface area (Å²) in [7, 11) is 0. The number of nitro groups is 1. The van der Waals surface area contributed by atoms with Crippen molar-refractivity contribution < 1.29 is 33.6 Å². The van der Waals surface area contributed by atoms with E-state index >= 15 is 0 Å². The highest BCUT2D eigenvalue weighted by Gasteiger charge is 2.77. The maximum Gasteiger partial charge on any atom is 0.269 e. The minimum atomic E-state index is -2.20. The van der Waals surface area contributed by atoms with E-state index in [1.807, 2.05) is 0 Å². The Hall–Kier alpha value is -4.13. The van der Waals surface area contributed by atoms with Crippen molar-refractivity contribution in [3.05, 3.63) is 104 Å². The topological polar surface area (TPSA) is 138 Å². The summed E-state index contributed by atoms with van der Waals surface area (Å²) in [5.74, 6) is -7.66. The number of imide groups is 2. The normalized spacial score (nSPS) is 30.2. The van der Waals surface area contributed by atoms with Crippen LogP contribution in [0.1, 0.15) is 24.3 Å². The minimum Gasteiger partial charge on any atom is -0.508 e. The highest BCUT2D eigenvalue weighted by atomic mass is 79.9. The molecule has 3 aromatic rings. The number of hydrogen-bond donors (Lipinski definition) is 1. The molecule has 0 spiro atoms. The largest absolute Gasteiger partial charge is 0.508 e. The lowest BCUT2D eigenvalue weighted by Crippen LogP contribution is -2.60. The Morgan fingerprint density at radius 3 is 2.17 bits per heavy atom. The third kappa shape index (κ3) is 4.06. The van der Waals surface area contributed by atoms with Gasteiger partial charge in [-0.25, -0.2) is 9.29 Å². The number of carbonyl (C=O) groups is 4. The molecule has 6 unspecified atom stereocenters. The van der Waals surface area contributed by atoms with Crippen LogP contribution in [0.3, 0.4) is 0 Å². The van der Waals surface area contributed by atoms with Crippen LogP contribution >= 0.6 is 39.1 Å². The highest BCUT2D eigenvalue weighted by molar-refractivity contribution is 9.10. The molecule has 1 saturated carbocycles. The van der Waals surface area contributed by atoms with Gasteiger partial charge >= 0.3 is 0 Å². The van der Waals surface area contributed by atoms with Gasteiger partial charge in [0.25, 0.3) is 17.5 Å². The molecule has 4 amide bonds. The monoisotopic (exact) mass is 727 g/mol. The van der Waals surface area contributed by atoms with Gasteiger partial charge in [-0.2, -0.15) is 0 Å². The number of fused-ring (bicyclic) bond motifs is 4. The summed E-state index contributed by atoms with van der Waals surface area (Å²) in [6, 6.07) is 14.2. The summed E-state index contributed by atoms with van der Waals surface area (Å²) in [5, 5.41) is 22.3. The lowest BCUT2D eigenvalue weighted by atomic mass is 9.56. The fourth-order valence-corrected chi connectivity index (χ4v) is 8.78. The molecule has 1 N–H and O–H groups in total. The maximum absolute atomic E-state index is 14.4. The van der Waals surface area contributed by atoms with E-state index in [4.69, 9.17) is 23.2 Å². The van der Waals surface area contributed by atoms with Crippen LogP contribution in [0.2, 0.25) is 0 Å². The standard InChI is InChI=1S/C32H21BrCl2FN3O7/c33-15-1-12-24(40)22(13-15)26-20-10-11-21-25(28(42)37(27(21)41)17-6-8-19(9-7-17)39(45)46)23(20)14-31(34)29(43)38(30(44)32(26,31)35)18-4-2-16(36)3-5-18/h1-10,12-13,21,23,25-26,40H,11,14H2. The fourth-order valence-electron chi connectivity index (χ4n) is 7.48. The molecule has 46 heavy (non-hydrogen) atoms. The van der Waals surface area contributed by atoms with Gasteiger partial charge in [0.15, 0.2) is 9.75 Å². The van der Waals surface area contributed by atoms with Gasteiger partial charge in [-0.3, -0.25) is 34.2 Å². The van der Waals surface area contributed by atoms with E-state index in [1.165, 1.54) is 42.5 Å². The van der Waals surface area contributed by atoms with E-state index in [0.29, 0.717) is 10.0 Å². The van der Waals surface area contributed by atoms with Gasteiger partial charge in [-0.05, 0) is 73.4 Å². The van der Waals surface area contributed by atoms with Crippen LogP contribution in [0.15, 0.2) is 82.9 Å². The van der Waals surface area contributed by atoms with Crippen molar-refractivity contribution in [3.8, 4) is 5.75 Å². The zero-order valence-electron chi connectivity index (χ0n) is 23.4. The first-order chi connectivity index (χ1) is 21.8. The van der Waals surface area contributed by atoms with Gasteiger partial charge in [0.05, 0.1) is 28.1 Å². The molecular weight excluding hydrogens is 708 g/mol. The van der Waals surface area contributed by atoms with Crippen LogP contribution in [0, 0.1) is 33.7 Å². The van der Waals surface area contributed by atoms with Crippen molar-refractivity contribution in [3.63, 3.8) is 0 Å². The summed E-state index contributed by atoms with van der Waals surface area (Å²) in [6.45, 7) is 0. The number of carbonyl (C=O) groups excluding carboxylic acids is 4. The molecule has 2 heterocycles. The smallest absolute Gasteiger partial charge is 0.269 e. The second-order valence-corrected chi connectivity index (χ2v) is 13.9. The lowest BCUT2D eigenvalue weighted by Gasteiger charge is -2.50. The molecular formula is C32H21BrCl2FN3O7. The molecule has 0 bridgehead atoms. The predicted octanol–water partition coefficient (Wildman–Crippen LogP) is 5.97. The van der Waals surface area contributed by atoms with Crippen molar-refractivity contribution in [1.82, 2.24) is 0 Å². The van der Waals surface area contributed by atoms with Crippen LogP contribution in [-0.2, 0) is 19.2 Å². The number of allylic oxidation sites excluding steroid dienone is 2. The quantitative estimate of drug-likeness (QED) is 0.115. The van der Waals surface area contributed by atoms with Crippen LogP contribution in [0.5, 0.6) is 5.75 Å². The number of phenolic OH excluding ortho intramolecular Hbond substituents is 1. The van der Waals surface area contributed by atoms with Crippen LogP contribution in [0.25, 0.3) is 0 Å². The van der Waals surface area contributed by atoms with Crippen LogP contribution in [0.4, 0.5) is 21.5 Å². The van der Waals surface area contributed by atoms with E-state index in [2.05, 4.69) is 15.9 Å². The Kier molecular flexibility index (Phi) is 6.93. The molecule has 2 saturated heterocycles. The number of alkyl halides is 2. The SMILES string of the molecule is O=C1C2CC=C3C(CC4(Cl)C(=O)N(c5ccc(F)cc5)C(=O)C4(Cl)C3c3cc(Br)ccc3O)C2C(=O)N1c1ccc([N+](=O)[O-])cc1. The Morgan fingerprint density at radius 1 is 0.891 bits per heavy atom. The molecule has 0 aromatic heterocycles. The molecule has 2 aliphatic carbocycles. The van der Waals surface area contributed by atoms with Gasteiger partial charge in [-0.15, -0.1) is 23.2 Å². The predicted molar refractivity (Wildman–Crippen MR) is 168 cm³/mol. The van der Waals surface area contributed by atoms with Crippen molar-refractivity contribution in [2.45, 2.75) is 28.5 Å². The molecule has 14 heteroatoms. The first kappa shape index (κ1) is 30.5. The third-order valence-corrected chi connectivity index (χ3v) is 11.4. The fraction of sp³-hybridized carbons (Fsp3) is 0.250. The average molecular weight is 729 g/mol. The van der Waals surface area contributed by atoms with Gasteiger partial charge in [0.2, 0.25) is 11.8 Å². The number of halogens is 4. The van der Waals surface area contributed by atoms with Crippen molar-refractivity contribution >= 4 is 79.8 Å². The number of anilines is 2. The Morgan fingerprint density at radius 2 is 1.52 bits per heavy atom. The van der Waals surface area contributed by atoms with E-state index < -0.39 is 67.8 Å². The Balaban J connectivity index is 1.38. The van der Waals surface area contributed by atoms with E-state index in [-0.39, 0.29) is 41.2 Å². The zero-order valence-corrected chi connectivity index (χ0v) is 26.5. The van der Waals surface area contributed by atoms with Crippen molar-refractivity contribution in [1.29, 1.82) is 0 Å². The molecule has 6 atom stereocenters. The van der Waals surface area contributed by atoms with Gasteiger partial charge in [0.1, 0.15) is 11.6 Å².